The van der Waals surface area contributed by atoms with Gasteiger partial charge in [0.1, 0.15) is 10.6 Å². The Hall–Kier alpha value is -1.67. The predicted molar refractivity (Wildman–Crippen MR) is 111 cm³/mol. The summed E-state index contributed by atoms with van der Waals surface area (Å²) in [7, 11) is -3.66. The monoisotopic (exact) mass is 409 g/mol. The number of hydrogen-bond acceptors (Lipinski definition) is 6. The molecule has 1 aromatic carbocycles. The standard InChI is InChI=1S/C20H31N3O4S/c1-15(2)16-7-9-17(10-8-16)21-11-13-22(14-12-21)18-5-4-6-19(28(3,26)27)20(18)23(24)25/h4-6,15-17H,7-14H2,1-3H3. The van der Waals surface area contributed by atoms with Crippen molar-refractivity contribution in [2.75, 3.05) is 37.3 Å². The normalized spacial score (nSPS) is 24.5. The van der Waals surface area contributed by atoms with Crippen molar-refractivity contribution in [1.29, 1.82) is 0 Å². The Morgan fingerprint density at radius 1 is 1.07 bits per heavy atom. The molecule has 1 saturated carbocycles. The summed E-state index contributed by atoms with van der Waals surface area (Å²) < 4.78 is 24.0. The molecule has 1 saturated heterocycles. The molecule has 3 rings (SSSR count). The topological polar surface area (TPSA) is 83.8 Å². The summed E-state index contributed by atoms with van der Waals surface area (Å²) in [5.41, 5.74) is 0.118. The van der Waals surface area contributed by atoms with Gasteiger partial charge >= 0.3 is 5.69 Å². The van der Waals surface area contributed by atoms with E-state index in [9.17, 15) is 18.5 Å². The van der Waals surface area contributed by atoms with Gasteiger partial charge in [-0.25, -0.2) is 8.42 Å². The van der Waals surface area contributed by atoms with E-state index in [0.29, 0.717) is 24.8 Å². The highest BCUT2D eigenvalue weighted by atomic mass is 32.2. The number of benzene rings is 1. The second-order valence-electron chi connectivity index (χ2n) is 8.49. The third-order valence-electron chi connectivity index (χ3n) is 6.42. The molecule has 0 N–H and O–H groups in total. The highest BCUT2D eigenvalue weighted by Crippen LogP contribution is 2.36. The van der Waals surface area contributed by atoms with Crippen LogP contribution >= 0.6 is 0 Å². The van der Waals surface area contributed by atoms with E-state index >= 15 is 0 Å². The molecule has 0 atom stereocenters. The minimum atomic E-state index is -3.66. The highest BCUT2D eigenvalue weighted by molar-refractivity contribution is 7.90. The maximum atomic E-state index is 12.0. The number of piperazine rings is 1. The van der Waals surface area contributed by atoms with Gasteiger partial charge in [-0.2, -0.15) is 0 Å². The van der Waals surface area contributed by atoms with Gasteiger partial charge in [0.25, 0.3) is 0 Å². The van der Waals surface area contributed by atoms with E-state index in [1.165, 1.54) is 31.7 Å². The SMILES string of the molecule is CC(C)C1CCC(N2CCN(c3cccc(S(C)(=O)=O)c3[N+](=O)[O-])CC2)CC1. The molecule has 0 spiro atoms. The van der Waals surface area contributed by atoms with Crippen LogP contribution < -0.4 is 4.90 Å². The van der Waals surface area contributed by atoms with E-state index < -0.39 is 14.8 Å². The van der Waals surface area contributed by atoms with Crippen LogP contribution in [0.15, 0.2) is 23.1 Å². The quantitative estimate of drug-likeness (QED) is 0.548. The molecule has 7 nitrogen and oxygen atoms in total. The molecule has 2 aliphatic rings. The third kappa shape index (κ3) is 4.49. The van der Waals surface area contributed by atoms with Crippen molar-refractivity contribution in [3.63, 3.8) is 0 Å². The summed E-state index contributed by atoms with van der Waals surface area (Å²) in [5.74, 6) is 1.58. The van der Waals surface area contributed by atoms with Crippen molar-refractivity contribution in [3.05, 3.63) is 28.3 Å². The molecule has 156 valence electrons. The minimum Gasteiger partial charge on any atom is -0.363 e. The molecular weight excluding hydrogens is 378 g/mol. The molecule has 0 radical (unpaired) electrons. The molecule has 0 bridgehead atoms. The summed E-state index contributed by atoms with van der Waals surface area (Å²) in [6, 6.07) is 5.18. The van der Waals surface area contributed by atoms with Gasteiger partial charge in [0.05, 0.1) is 4.92 Å². The fraction of sp³-hybridized carbons (Fsp3) is 0.700. The fourth-order valence-corrected chi connectivity index (χ4v) is 5.57. The molecule has 1 aliphatic heterocycles. The molecule has 1 heterocycles. The fourth-order valence-electron chi connectivity index (χ4n) is 4.71. The zero-order valence-electron chi connectivity index (χ0n) is 17.0. The van der Waals surface area contributed by atoms with Gasteiger partial charge in [0.2, 0.25) is 0 Å². The van der Waals surface area contributed by atoms with E-state index in [-0.39, 0.29) is 10.6 Å². The van der Waals surface area contributed by atoms with Crippen LogP contribution in [0.2, 0.25) is 0 Å². The Balaban J connectivity index is 1.70. The number of nitro benzene ring substituents is 1. The first-order chi connectivity index (χ1) is 13.2. The summed E-state index contributed by atoms with van der Waals surface area (Å²) >= 11 is 0. The van der Waals surface area contributed by atoms with E-state index in [0.717, 1.165) is 31.2 Å². The van der Waals surface area contributed by atoms with Gasteiger partial charge in [0.15, 0.2) is 9.84 Å². The number of nitrogens with zero attached hydrogens (tertiary/aromatic N) is 3. The summed E-state index contributed by atoms with van der Waals surface area (Å²) in [4.78, 5) is 15.3. The van der Waals surface area contributed by atoms with E-state index in [2.05, 4.69) is 18.7 Å². The summed E-state index contributed by atoms with van der Waals surface area (Å²) in [6.07, 6.45) is 6.04. The maximum absolute atomic E-state index is 12.0. The van der Waals surface area contributed by atoms with Crippen molar-refractivity contribution in [2.45, 2.75) is 50.5 Å². The van der Waals surface area contributed by atoms with E-state index in [1.54, 1.807) is 12.1 Å². The minimum absolute atomic E-state index is 0.204. The summed E-state index contributed by atoms with van der Waals surface area (Å²) in [6.45, 7) is 7.69. The van der Waals surface area contributed by atoms with Crippen LogP contribution in [-0.2, 0) is 9.84 Å². The van der Waals surface area contributed by atoms with Crippen LogP contribution in [0.25, 0.3) is 0 Å². The van der Waals surface area contributed by atoms with Gasteiger partial charge < -0.3 is 4.90 Å². The van der Waals surface area contributed by atoms with Crippen LogP contribution in [0.3, 0.4) is 0 Å². The average molecular weight is 410 g/mol. The van der Waals surface area contributed by atoms with Gasteiger partial charge in [-0.15, -0.1) is 0 Å². The lowest BCUT2D eigenvalue weighted by Gasteiger charge is -2.43. The smallest absolute Gasteiger partial charge is 0.311 e. The number of sulfone groups is 1. The number of hydrogen-bond donors (Lipinski definition) is 0. The van der Waals surface area contributed by atoms with Crippen LogP contribution in [0.5, 0.6) is 0 Å². The first-order valence-electron chi connectivity index (χ1n) is 10.1. The third-order valence-corrected chi connectivity index (χ3v) is 7.54. The Morgan fingerprint density at radius 3 is 2.18 bits per heavy atom. The Bertz CT molecular complexity index is 809. The zero-order valence-corrected chi connectivity index (χ0v) is 17.8. The predicted octanol–water partition coefficient (Wildman–Crippen LogP) is 3.34. The maximum Gasteiger partial charge on any atom is 0.311 e. The molecule has 2 fully saturated rings. The second kappa shape index (κ2) is 8.37. The second-order valence-corrected chi connectivity index (χ2v) is 10.5. The van der Waals surface area contributed by atoms with Crippen LogP contribution in [0, 0.1) is 22.0 Å². The zero-order chi connectivity index (χ0) is 20.5. The molecule has 1 aromatic rings. The van der Waals surface area contributed by atoms with Crippen molar-refractivity contribution in [3.8, 4) is 0 Å². The van der Waals surface area contributed by atoms with Crippen LogP contribution in [-0.4, -0.2) is 56.7 Å². The van der Waals surface area contributed by atoms with Gasteiger partial charge in [0, 0.05) is 38.5 Å². The average Bonchev–Trinajstić information content (AvgIpc) is 2.67. The Morgan fingerprint density at radius 2 is 1.68 bits per heavy atom. The molecular formula is C20H31N3O4S. The molecule has 0 amide bonds. The lowest BCUT2D eigenvalue weighted by atomic mass is 9.79. The van der Waals surface area contributed by atoms with Gasteiger partial charge in [-0.3, -0.25) is 15.0 Å². The van der Waals surface area contributed by atoms with Gasteiger partial charge in [-0.1, -0.05) is 19.9 Å². The summed E-state index contributed by atoms with van der Waals surface area (Å²) in [5, 5.41) is 11.6. The number of nitro groups is 1. The van der Waals surface area contributed by atoms with Gasteiger partial charge in [-0.05, 0) is 49.7 Å². The molecule has 0 unspecified atom stereocenters. The molecule has 8 heteroatoms. The van der Waals surface area contributed by atoms with E-state index in [1.807, 2.05) is 4.90 Å². The van der Waals surface area contributed by atoms with Crippen molar-refractivity contribution >= 4 is 21.2 Å². The van der Waals surface area contributed by atoms with Crippen LogP contribution in [0.4, 0.5) is 11.4 Å². The first kappa shape index (κ1) is 21.0. The largest absolute Gasteiger partial charge is 0.363 e. The molecule has 0 aromatic heterocycles. The van der Waals surface area contributed by atoms with Crippen molar-refractivity contribution < 1.29 is 13.3 Å². The Kier molecular flexibility index (Phi) is 6.29. The highest BCUT2D eigenvalue weighted by Gasteiger charge is 2.33. The first-order valence-corrected chi connectivity index (χ1v) is 12.0. The van der Waals surface area contributed by atoms with E-state index in [4.69, 9.17) is 0 Å². The Labute approximate surface area is 167 Å². The van der Waals surface area contributed by atoms with Crippen LogP contribution in [0.1, 0.15) is 39.5 Å². The number of para-hydroxylation sites is 1. The molecule has 28 heavy (non-hydrogen) atoms. The number of rotatable bonds is 5. The lowest BCUT2D eigenvalue weighted by Crippen LogP contribution is -2.51. The molecule has 1 aliphatic carbocycles. The lowest BCUT2D eigenvalue weighted by molar-refractivity contribution is -0.387. The number of anilines is 1. The van der Waals surface area contributed by atoms with Crippen molar-refractivity contribution in [2.24, 2.45) is 11.8 Å². The van der Waals surface area contributed by atoms with Crippen molar-refractivity contribution in [1.82, 2.24) is 4.90 Å².